The van der Waals surface area contributed by atoms with Gasteiger partial charge in [-0.25, -0.2) is 0 Å². The van der Waals surface area contributed by atoms with E-state index in [0.717, 1.165) is 17.2 Å². The zero-order valence-electron chi connectivity index (χ0n) is 11.1. The lowest BCUT2D eigenvalue weighted by Crippen LogP contribution is -2.29. The first-order chi connectivity index (χ1) is 9.03. The Balaban J connectivity index is 2.69. The zero-order valence-corrected chi connectivity index (χ0v) is 11.1. The molecule has 1 N–H and O–H groups in total. The maximum absolute atomic E-state index is 11.2. The van der Waals surface area contributed by atoms with Crippen LogP contribution >= 0.6 is 0 Å². The number of amides is 1. The fourth-order valence-electron chi connectivity index (χ4n) is 2.17. The molecule has 2 rings (SSSR count). The molecule has 5 heteroatoms. The second kappa shape index (κ2) is 4.85. The molecular formula is C14H16N2O3. The molecule has 0 atom stereocenters. The number of hydrogen-bond donors (Lipinski definition) is 1. The average Bonchev–Trinajstić information content (AvgIpc) is 2.77. The lowest BCUT2D eigenvalue weighted by atomic mass is 10.2. The van der Waals surface area contributed by atoms with E-state index in [1.165, 1.54) is 0 Å². The van der Waals surface area contributed by atoms with E-state index in [1.807, 2.05) is 30.5 Å². The molecule has 1 amide bonds. The summed E-state index contributed by atoms with van der Waals surface area (Å²) in [7, 11) is 1.60. The summed E-state index contributed by atoms with van der Waals surface area (Å²) in [6.45, 7) is 3.77. The Bertz CT molecular complexity index is 629. The Hall–Kier alpha value is -2.14. The van der Waals surface area contributed by atoms with Crippen molar-refractivity contribution in [1.82, 2.24) is 4.57 Å². The molecule has 0 saturated heterocycles. The van der Waals surface area contributed by atoms with Crippen LogP contribution in [0.3, 0.4) is 0 Å². The number of carbonyl (C=O) groups is 2. The third kappa shape index (κ3) is 2.24. The Morgan fingerprint density at radius 2 is 2.00 bits per heavy atom. The smallest absolute Gasteiger partial charge is 0.211 e. The van der Waals surface area contributed by atoms with Crippen LogP contribution in [0.25, 0.3) is 10.9 Å². The lowest BCUT2D eigenvalue weighted by Gasteiger charge is -2.27. The molecule has 0 spiro atoms. The van der Waals surface area contributed by atoms with Crippen molar-refractivity contribution in [2.45, 2.75) is 19.6 Å². The van der Waals surface area contributed by atoms with E-state index >= 15 is 0 Å². The molecule has 0 saturated carbocycles. The average molecular weight is 260 g/mol. The predicted octanol–water partition coefficient (Wildman–Crippen LogP) is 2.36. The molecule has 100 valence electrons. The number of ether oxygens (including phenoxy) is 1. The molecule has 0 aliphatic carbocycles. The van der Waals surface area contributed by atoms with E-state index in [9.17, 15) is 9.59 Å². The van der Waals surface area contributed by atoms with E-state index in [2.05, 4.69) is 5.32 Å². The van der Waals surface area contributed by atoms with Gasteiger partial charge in [0.2, 0.25) is 6.41 Å². The van der Waals surface area contributed by atoms with Crippen LogP contribution < -0.4 is 5.32 Å². The molecule has 0 bridgehead atoms. The van der Waals surface area contributed by atoms with Gasteiger partial charge in [-0.15, -0.1) is 0 Å². The third-order valence-electron chi connectivity index (χ3n) is 3.21. The predicted molar refractivity (Wildman–Crippen MR) is 73.3 cm³/mol. The fraction of sp³-hybridized carbons (Fsp3) is 0.286. The van der Waals surface area contributed by atoms with Gasteiger partial charge in [0.1, 0.15) is 5.72 Å². The van der Waals surface area contributed by atoms with Crippen LogP contribution in [0.1, 0.15) is 24.3 Å². The first-order valence-electron chi connectivity index (χ1n) is 5.90. The standard InChI is InChI=1S/C14H16N2O3/c1-14(2,19-3)16-12(8-17)7-10-6-11(15-9-18)4-5-13(10)16/h4-9H,1-3H3,(H,15,18). The van der Waals surface area contributed by atoms with Crippen molar-refractivity contribution in [2.24, 2.45) is 0 Å². The maximum Gasteiger partial charge on any atom is 0.211 e. The van der Waals surface area contributed by atoms with E-state index in [0.29, 0.717) is 17.8 Å². The highest BCUT2D eigenvalue weighted by Gasteiger charge is 2.24. The van der Waals surface area contributed by atoms with Gasteiger partial charge < -0.3 is 14.6 Å². The fourth-order valence-corrected chi connectivity index (χ4v) is 2.17. The van der Waals surface area contributed by atoms with Gasteiger partial charge >= 0.3 is 0 Å². The third-order valence-corrected chi connectivity index (χ3v) is 3.21. The van der Waals surface area contributed by atoms with Gasteiger partial charge in [0, 0.05) is 18.2 Å². The van der Waals surface area contributed by atoms with Crippen LogP contribution in [0, 0.1) is 0 Å². The molecule has 1 heterocycles. The van der Waals surface area contributed by atoms with Gasteiger partial charge in [-0.2, -0.15) is 0 Å². The minimum atomic E-state index is -0.627. The number of nitrogens with one attached hydrogen (secondary N) is 1. The summed E-state index contributed by atoms with van der Waals surface area (Å²) < 4.78 is 7.28. The van der Waals surface area contributed by atoms with Crippen LogP contribution in [0.4, 0.5) is 5.69 Å². The number of carbonyl (C=O) groups excluding carboxylic acids is 2. The van der Waals surface area contributed by atoms with Crippen molar-refractivity contribution in [3.8, 4) is 0 Å². The van der Waals surface area contributed by atoms with Gasteiger partial charge in [-0.05, 0) is 38.1 Å². The summed E-state index contributed by atoms with van der Waals surface area (Å²) in [4.78, 5) is 21.7. The maximum atomic E-state index is 11.2. The highest BCUT2D eigenvalue weighted by Crippen LogP contribution is 2.29. The van der Waals surface area contributed by atoms with Crippen molar-refractivity contribution < 1.29 is 14.3 Å². The van der Waals surface area contributed by atoms with E-state index in [-0.39, 0.29) is 0 Å². The van der Waals surface area contributed by atoms with E-state index in [1.54, 1.807) is 19.2 Å². The molecule has 0 aliphatic heterocycles. The van der Waals surface area contributed by atoms with E-state index in [4.69, 9.17) is 4.74 Å². The van der Waals surface area contributed by atoms with Crippen LogP contribution in [-0.4, -0.2) is 24.4 Å². The molecular weight excluding hydrogens is 244 g/mol. The number of anilines is 1. The van der Waals surface area contributed by atoms with Gasteiger partial charge in [0.25, 0.3) is 0 Å². The highest BCUT2D eigenvalue weighted by atomic mass is 16.5. The van der Waals surface area contributed by atoms with Gasteiger partial charge in [0.05, 0.1) is 11.2 Å². The Kier molecular flexibility index (Phi) is 3.40. The molecule has 0 radical (unpaired) electrons. The minimum Gasteiger partial charge on any atom is -0.359 e. The number of fused-ring (bicyclic) bond motifs is 1. The van der Waals surface area contributed by atoms with Crippen molar-refractivity contribution in [1.29, 1.82) is 0 Å². The van der Waals surface area contributed by atoms with Crippen molar-refractivity contribution >= 4 is 29.3 Å². The largest absolute Gasteiger partial charge is 0.359 e. The number of aldehydes is 1. The normalized spacial score (nSPS) is 11.5. The van der Waals surface area contributed by atoms with Crippen molar-refractivity contribution in [3.05, 3.63) is 30.0 Å². The minimum absolute atomic E-state index is 0.533. The first-order valence-corrected chi connectivity index (χ1v) is 5.90. The number of aromatic nitrogens is 1. The summed E-state index contributed by atoms with van der Waals surface area (Å²) in [6.07, 6.45) is 1.42. The molecule has 19 heavy (non-hydrogen) atoms. The molecule has 1 aromatic heterocycles. The topological polar surface area (TPSA) is 60.3 Å². The van der Waals surface area contributed by atoms with E-state index < -0.39 is 5.72 Å². The van der Waals surface area contributed by atoms with Crippen LogP contribution in [0.5, 0.6) is 0 Å². The quantitative estimate of drug-likeness (QED) is 0.839. The Morgan fingerprint density at radius 3 is 2.58 bits per heavy atom. The summed E-state index contributed by atoms with van der Waals surface area (Å²) >= 11 is 0. The molecule has 2 aromatic rings. The SMILES string of the molecule is COC(C)(C)n1c(C=O)cc2cc(NC=O)ccc21. The summed E-state index contributed by atoms with van der Waals surface area (Å²) in [5.41, 5.74) is 1.47. The molecule has 1 aromatic carbocycles. The second-order valence-corrected chi connectivity index (χ2v) is 4.71. The van der Waals surface area contributed by atoms with Crippen molar-refractivity contribution in [2.75, 3.05) is 12.4 Å². The highest BCUT2D eigenvalue weighted by molar-refractivity contribution is 5.92. The van der Waals surface area contributed by atoms with Gasteiger partial charge in [0.15, 0.2) is 6.29 Å². The number of nitrogens with zero attached hydrogens (tertiary/aromatic N) is 1. The zero-order chi connectivity index (χ0) is 14.0. The van der Waals surface area contributed by atoms with Crippen LogP contribution in [0.2, 0.25) is 0 Å². The Labute approximate surface area is 111 Å². The summed E-state index contributed by atoms with van der Waals surface area (Å²) in [5, 5.41) is 3.46. The molecule has 5 nitrogen and oxygen atoms in total. The monoisotopic (exact) mass is 260 g/mol. The number of hydrogen-bond acceptors (Lipinski definition) is 3. The Morgan fingerprint density at radius 1 is 1.26 bits per heavy atom. The van der Waals surface area contributed by atoms with Gasteiger partial charge in [-0.1, -0.05) is 0 Å². The van der Waals surface area contributed by atoms with Crippen molar-refractivity contribution in [3.63, 3.8) is 0 Å². The number of benzene rings is 1. The second-order valence-electron chi connectivity index (χ2n) is 4.71. The van der Waals surface area contributed by atoms with Gasteiger partial charge in [-0.3, -0.25) is 9.59 Å². The lowest BCUT2D eigenvalue weighted by molar-refractivity contribution is -0.105. The number of methoxy groups -OCH3 is 1. The summed E-state index contributed by atoms with van der Waals surface area (Å²) in [5.74, 6) is 0. The molecule has 0 unspecified atom stereocenters. The molecule has 0 fully saturated rings. The van der Waals surface area contributed by atoms with Crippen LogP contribution in [-0.2, 0) is 15.3 Å². The summed E-state index contributed by atoms with van der Waals surface area (Å²) in [6, 6.07) is 7.24. The first kappa shape index (κ1) is 13.3. The number of rotatable bonds is 5. The van der Waals surface area contributed by atoms with Crippen LogP contribution in [0.15, 0.2) is 24.3 Å². The molecule has 0 aliphatic rings.